The number of anilines is 2. The molecule has 0 saturated carbocycles. The van der Waals surface area contributed by atoms with E-state index in [4.69, 9.17) is 0 Å². The summed E-state index contributed by atoms with van der Waals surface area (Å²) in [6.45, 7) is 2.61. The molecule has 9 heteroatoms. The molecule has 0 spiro atoms. The van der Waals surface area contributed by atoms with Crippen molar-refractivity contribution in [2.24, 2.45) is 13.0 Å². The van der Waals surface area contributed by atoms with Gasteiger partial charge in [-0.3, -0.25) is 14.5 Å². The van der Waals surface area contributed by atoms with Crippen molar-refractivity contribution in [2.45, 2.75) is 25.7 Å². The zero-order valence-corrected chi connectivity index (χ0v) is 15.3. The van der Waals surface area contributed by atoms with Crippen molar-refractivity contribution in [3.8, 4) is 0 Å². The van der Waals surface area contributed by atoms with Gasteiger partial charge in [0, 0.05) is 32.6 Å². The van der Waals surface area contributed by atoms with E-state index >= 15 is 0 Å². The van der Waals surface area contributed by atoms with Crippen molar-refractivity contribution < 1.29 is 0 Å². The van der Waals surface area contributed by atoms with E-state index in [9.17, 15) is 4.79 Å². The van der Waals surface area contributed by atoms with Gasteiger partial charge in [-0.05, 0) is 37.3 Å². The van der Waals surface area contributed by atoms with E-state index in [2.05, 4.69) is 41.5 Å². The second-order valence-electron chi connectivity index (χ2n) is 7.45. The highest BCUT2D eigenvalue weighted by atomic mass is 16.1. The summed E-state index contributed by atoms with van der Waals surface area (Å²) in [5.74, 6) is 1.95. The normalized spacial score (nSPS) is 17.0. The third kappa shape index (κ3) is 2.92. The molecule has 1 aliphatic carbocycles. The molecule has 3 aromatic heterocycles. The van der Waals surface area contributed by atoms with Gasteiger partial charge >= 0.3 is 0 Å². The van der Waals surface area contributed by atoms with Crippen LogP contribution >= 0.6 is 0 Å². The Hall–Kier alpha value is -2.97. The van der Waals surface area contributed by atoms with E-state index in [0.29, 0.717) is 22.9 Å². The molecule has 1 aliphatic heterocycles. The number of aromatic nitrogens is 6. The van der Waals surface area contributed by atoms with Gasteiger partial charge in [-0.1, -0.05) is 0 Å². The number of hydrogen-bond donors (Lipinski definition) is 2. The monoisotopic (exact) mass is 366 g/mol. The van der Waals surface area contributed by atoms with Gasteiger partial charge in [0.25, 0.3) is 5.56 Å². The molecular weight excluding hydrogens is 344 g/mol. The zero-order chi connectivity index (χ0) is 18.4. The van der Waals surface area contributed by atoms with Crippen LogP contribution in [0.5, 0.6) is 0 Å². The van der Waals surface area contributed by atoms with Crippen LogP contribution in [0.15, 0.2) is 17.1 Å². The van der Waals surface area contributed by atoms with Crippen LogP contribution in [0.25, 0.3) is 11.0 Å². The van der Waals surface area contributed by atoms with Gasteiger partial charge in [0.1, 0.15) is 5.39 Å². The van der Waals surface area contributed by atoms with Crippen LogP contribution in [-0.2, 0) is 19.9 Å². The number of aryl methyl sites for hydroxylation is 3. The molecule has 0 bridgehead atoms. The van der Waals surface area contributed by atoms with Gasteiger partial charge < -0.3 is 10.2 Å². The highest BCUT2D eigenvalue weighted by Crippen LogP contribution is 2.26. The fourth-order valence-electron chi connectivity index (χ4n) is 3.88. The molecule has 140 valence electrons. The topological polar surface area (TPSA) is 105 Å². The molecule has 3 aromatic rings. The lowest BCUT2D eigenvalue weighted by atomic mass is 9.95. The van der Waals surface area contributed by atoms with E-state index in [-0.39, 0.29) is 5.56 Å². The Morgan fingerprint density at radius 3 is 3.00 bits per heavy atom. The van der Waals surface area contributed by atoms with Crippen molar-refractivity contribution in [1.82, 2.24) is 29.9 Å². The quantitative estimate of drug-likeness (QED) is 0.706. The second-order valence-corrected chi connectivity index (χ2v) is 7.45. The molecule has 2 aliphatic rings. The molecule has 2 N–H and O–H groups in total. The van der Waals surface area contributed by atoms with E-state index in [0.717, 1.165) is 38.3 Å². The Morgan fingerprint density at radius 2 is 2.11 bits per heavy atom. The maximum absolute atomic E-state index is 12.1. The first-order valence-electron chi connectivity index (χ1n) is 9.44. The van der Waals surface area contributed by atoms with Crippen molar-refractivity contribution in [1.29, 1.82) is 0 Å². The molecule has 1 saturated heterocycles. The van der Waals surface area contributed by atoms with E-state index in [1.54, 1.807) is 11.7 Å². The van der Waals surface area contributed by atoms with Gasteiger partial charge in [0.2, 0.25) is 5.95 Å². The molecule has 9 nitrogen and oxygen atoms in total. The first-order chi connectivity index (χ1) is 13.2. The lowest BCUT2D eigenvalue weighted by Gasteiger charge is -2.40. The summed E-state index contributed by atoms with van der Waals surface area (Å²) >= 11 is 0. The molecule has 27 heavy (non-hydrogen) atoms. The smallest absolute Gasteiger partial charge is 0.263 e. The number of H-pyrrole nitrogens is 1. The molecule has 1 fully saturated rings. The standard InChI is InChI=1S/C18H22N8O/c1-25-16-13(8-20-25)17(27)22-18(21-16)19-7-11-9-26(10-11)15-6-12-4-2-3-5-14(12)23-24-15/h6,8,11H,2-5,7,9-10H2,1H3,(H2,19,21,22,27). The van der Waals surface area contributed by atoms with Gasteiger partial charge in [-0.2, -0.15) is 15.2 Å². The van der Waals surface area contributed by atoms with Crippen LogP contribution in [0.3, 0.4) is 0 Å². The first-order valence-corrected chi connectivity index (χ1v) is 9.44. The minimum atomic E-state index is -0.171. The van der Waals surface area contributed by atoms with Crippen LogP contribution in [0.2, 0.25) is 0 Å². The molecule has 0 aromatic carbocycles. The lowest BCUT2D eigenvalue weighted by Crippen LogP contribution is -2.50. The minimum absolute atomic E-state index is 0.171. The van der Waals surface area contributed by atoms with Gasteiger partial charge in [-0.25, -0.2) is 0 Å². The Morgan fingerprint density at radius 1 is 1.26 bits per heavy atom. The Balaban J connectivity index is 1.21. The zero-order valence-electron chi connectivity index (χ0n) is 15.3. The Kier molecular flexibility index (Phi) is 3.80. The van der Waals surface area contributed by atoms with Crippen LogP contribution in [0.1, 0.15) is 24.1 Å². The fraction of sp³-hybridized carbons (Fsp3) is 0.500. The van der Waals surface area contributed by atoms with Crippen LogP contribution in [0, 0.1) is 5.92 Å². The summed E-state index contributed by atoms with van der Waals surface area (Å²) in [5, 5.41) is 16.7. The van der Waals surface area contributed by atoms with Crippen molar-refractivity contribution in [2.75, 3.05) is 29.9 Å². The van der Waals surface area contributed by atoms with Gasteiger partial charge in [-0.15, -0.1) is 5.10 Å². The van der Waals surface area contributed by atoms with Crippen molar-refractivity contribution in [3.05, 3.63) is 33.9 Å². The van der Waals surface area contributed by atoms with Crippen LogP contribution in [0.4, 0.5) is 11.8 Å². The van der Waals surface area contributed by atoms with E-state index < -0.39 is 0 Å². The molecular formula is C18H22N8O. The summed E-state index contributed by atoms with van der Waals surface area (Å²) in [6.07, 6.45) is 6.18. The lowest BCUT2D eigenvalue weighted by molar-refractivity contribution is 0.424. The Labute approximate surface area is 155 Å². The third-order valence-electron chi connectivity index (χ3n) is 5.50. The van der Waals surface area contributed by atoms with Gasteiger partial charge in [0.15, 0.2) is 11.5 Å². The maximum Gasteiger partial charge on any atom is 0.263 e. The van der Waals surface area contributed by atoms with Gasteiger partial charge in [0.05, 0.1) is 11.9 Å². The Bertz CT molecular complexity index is 1050. The SMILES string of the molecule is Cn1ncc2c(=O)[nH]c(NCC3CN(c4cc5c(nn4)CCCC5)C3)nc21. The molecule has 5 rings (SSSR count). The summed E-state index contributed by atoms with van der Waals surface area (Å²) < 4.78 is 1.61. The van der Waals surface area contributed by atoms with E-state index in [1.807, 2.05) is 0 Å². The predicted molar refractivity (Wildman–Crippen MR) is 102 cm³/mol. The third-order valence-corrected chi connectivity index (χ3v) is 5.50. The first kappa shape index (κ1) is 16.2. The molecule has 4 heterocycles. The average Bonchev–Trinajstić information content (AvgIpc) is 3.02. The largest absolute Gasteiger partial charge is 0.355 e. The summed E-state index contributed by atoms with van der Waals surface area (Å²) in [7, 11) is 1.78. The van der Waals surface area contributed by atoms with Crippen molar-refractivity contribution >= 4 is 22.8 Å². The summed E-state index contributed by atoms with van der Waals surface area (Å²) in [5.41, 5.74) is 2.94. The van der Waals surface area contributed by atoms with Crippen LogP contribution in [-0.4, -0.2) is 49.6 Å². The molecule has 0 atom stereocenters. The maximum atomic E-state index is 12.1. The second kappa shape index (κ2) is 6.33. The fourth-order valence-corrected chi connectivity index (χ4v) is 3.88. The highest BCUT2D eigenvalue weighted by molar-refractivity contribution is 5.74. The number of rotatable bonds is 4. The highest BCUT2D eigenvalue weighted by Gasteiger charge is 2.28. The average molecular weight is 366 g/mol. The predicted octanol–water partition coefficient (Wildman–Crippen LogP) is 0.874. The van der Waals surface area contributed by atoms with Crippen molar-refractivity contribution in [3.63, 3.8) is 0 Å². The van der Waals surface area contributed by atoms with E-state index in [1.165, 1.54) is 30.3 Å². The minimum Gasteiger partial charge on any atom is -0.355 e. The molecule has 0 unspecified atom stereocenters. The van der Waals surface area contributed by atoms with Crippen LogP contribution < -0.4 is 15.8 Å². The number of nitrogens with one attached hydrogen (secondary N) is 2. The number of nitrogens with zero attached hydrogens (tertiary/aromatic N) is 6. The summed E-state index contributed by atoms with van der Waals surface area (Å²) in [6, 6.07) is 2.21. The summed E-state index contributed by atoms with van der Waals surface area (Å²) in [4.78, 5) is 21.6. The number of fused-ring (bicyclic) bond motifs is 2. The number of aromatic amines is 1. The number of hydrogen-bond acceptors (Lipinski definition) is 7. The molecule has 0 radical (unpaired) electrons. The molecule has 0 amide bonds.